The number of aliphatic imine (C=N–C) groups is 1. The highest BCUT2D eigenvalue weighted by Gasteiger charge is 2.35. The van der Waals surface area contributed by atoms with Gasteiger partial charge in [-0.1, -0.05) is 11.6 Å². The highest BCUT2D eigenvalue weighted by Crippen LogP contribution is 2.26. The first-order valence-corrected chi connectivity index (χ1v) is 5.87. The average Bonchev–Trinajstić information content (AvgIpc) is 2.62. The maximum atomic E-state index is 11.5. The minimum absolute atomic E-state index is 0.00231. The Morgan fingerprint density at radius 3 is 2.85 bits per heavy atom. The molecule has 13 heavy (non-hydrogen) atoms. The molecule has 0 bridgehead atoms. The SMILES string of the molecule is O=S1(=O)C(Cl)=CN=C1C1CCNC1. The van der Waals surface area contributed by atoms with Gasteiger partial charge in [-0.25, -0.2) is 13.4 Å². The summed E-state index contributed by atoms with van der Waals surface area (Å²) >= 11 is 5.52. The van der Waals surface area contributed by atoms with Crippen LogP contribution in [0.15, 0.2) is 15.6 Å². The summed E-state index contributed by atoms with van der Waals surface area (Å²) in [6.45, 7) is 1.52. The van der Waals surface area contributed by atoms with E-state index < -0.39 is 9.84 Å². The van der Waals surface area contributed by atoms with Crippen molar-refractivity contribution in [3.8, 4) is 0 Å². The van der Waals surface area contributed by atoms with Crippen molar-refractivity contribution in [2.75, 3.05) is 13.1 Å². The number of hydrogen-bond acceptors (Lipinski definition) is 4. The van der Waals surface area contributed by atoms with Crippen LogP contribution in [-0.2, 0) is 9.84 Å². The molecule has 1 unspecified atom stereocenters. The molecule has 1 fully saturated rings. The van der Waals surface area contributed by atoms with E-state index in [2.05, 4.69) is 10.3 Å². The second-order valence-corrected chi connectivity index (χ2v) is 5.59. The summed E-state index contributed by atoms with van der Waals surface area (Å²) in [5.74, 6) is -0.00231. The molecule has 4 nitrogen and oxygen atoms in total. The van der Waals surface area contributed by atoms with Crippen LogP contribution in [0.2, 0.25) is 0 Å². The Morgan fingerprint density at radius 1 is 1.62 bits per heavy atom. The van der Waals surface area contributed by atoms with Crippen molar-refractivity contribution in [3.05, 3.63) is 10.6 Å². The van der Waals surface area contributed by atoms with E-state index in [-0.39, 0.29) is 15.3 Å². The number of rotatable bonds is 1. The third kappa shape index (κ3) is 1.41. The van der Waals surface area contributed by atoms with Gasteiger partial charge in [0.1, 0.15) is 5.04 Å². The van der Waals surface area contributed by atoms with E-state index in [0.29, 0.717) is 6.54 Å². The number of halogens is 1. The Morgan fingerprint density at radius 2 is 2.38 bits per heavy atom. The Balaban J connectivity index is 2.29. The van der Waals surface area contributed by atoms with Crippen LogP contribution in [0.3, 0.4) is 0 Å². The molecule has 1 saturated heterocycles. The van der Waals surface area contributed by atoms with Gasteiger partial charge in [0.15, 0.2) is 4.36 Å². The van der Waals surface area contributed by atoms with Crippen LogP contribution in [0.4, 0.5) is 0 Å². The van der Waals surface area contributed by atoms with Gasteiger partial charge in [-0.3, -0.25) is 0 Å². The van der Waals surface area contributed by atoms with Gasteiger partial charge in [0, 0.05) is 12.5 Å². The van der Waals surface area contributed by atoms with Gasteiger partial charge in [-0.15, -0.1) is 0 Å². The largest absolute Gasteiger partial charge is 0.316 e. The first-order valence-electron chi connectivity index (χ1n) is 4.01. The molecule has 0 amide bonds. The quantitative estimate of drug-likeness (QED) is 0.699. The zero-order chi connectivity index (χ0) is 9.47. The standard InChI is InChI=1S/C7H9ClN2O2S/c8-6-4-10-7(13(6,11)12)5-1-2-9-3-5/h4-5,9H,1-3H2. The molecule has 1 atom stereocenters. The number of sulfone groups is 1. The lowest BCUT2D eigenvalue weighted by Gasteiger charge is -2.07. The van der Waals surface area contributed by atoms with Crippen molar-refractivity contribution in [1.82, 2.24) is 5.32 Å². The third-order valence-corrected chi connectivity index (χ3v) is 4.55. The van der Waals surface area contributed by atoms with Gasteiger partial charge in [-0.2, -0.15) is 0 Å². The monoisotopic (exact) mass is 220 g/mol. The molecule has 2 aliphatic heterocycles. The first-order chi connectivity index (χ1) is 6.12. The van der Waals surface area contributed by atoms with Crippen molar-refractivity contribution in [3.63, 3.8) is 0 Å². The van der Waals surface area contributed by atoms with Gasteiger partial charge in [0.25, 0.3) is 0 Å². The topological polar surface area (TPSA) is 58.5 Å². The number of hydrogen-bond donors (Lipinski definition) is 1. The Hall–Kier alpha value is -0.390. The molecule has 0 aromatic rings. The van der Waals surface area contributed by atoms with E-state index in [4.69, 9.17) is 11.6 Å². The second-order valence-electron chi connectivity index (χ2n) is 3.09. The summed E-state index contributed by atoms with van der Waals surface area (Å²) in [6.07, 6.45) is 2.03. The zero-order valence-electron chi connectivity index (χ0n) is 6.83. The molecule has 2 rings (SSSR count). The maximum Gasteiger partial charge on any atom is 0.232 e. The minimum atomic E-state index is -3.41. The van der Waals surface area contributed by atoms with E-state index in [9.17, 15) is 8.42 Å². The van der Waals surface area contributed by atoms with Crippen LogP contribution in [0.25, 0.3) is 0 Å². The molecular formula is C7H9ClN2O2S. The summed E-state index contributed by atoms with van der Waals surface area (Å²) in [6, 6.07) is 0. The molecule has 72 valence electrons. The maximum absolute atomic E-state index is 11.5. The van der Waals surface area contributed by atoms with Gasteiger partial charge < -0.3 is 5.32 Å². The van der Waals surface area contributed by atoms with Crippen molar-refractivity contribution in [1.29, 1.82) is 0 Å². The second kappa shape index (κ2) is 3.08. The van der Waals surface area contributed by atoms with E-state index in [1.165, 1.54) is 6.20 Å². The molecular weight excluding hydrogens is 212 g/mol. The van der Waals surface area contributed by atoms with E-state index in [1.807, 2.05) is 0 Å². The van der Waals surface area contributed by atoms with Crippen molar-refractivity contribution in [2.45, 2.75) is 6.42 Å². The number of nitrogens with zero attached hydrogens (tertiary/aromatic N) is 1. The predicted octanol–water partition coefficient (Wildman–Crippen LogP) is 0.461. The van der Waals surface area contributed by atoms with Crippen molar-refractivity contribution < 1.29 is 8.42 Å². The molecule has 2 heterocycles. The van der Waals surface area contributed by atoms with Gasteiger partial charge in [0.05, 0.1) is 6.20 Å². The molecule has 6 heteroatoms. The summed E-state index contributed by atoms with van der Waals surface area (Å²) in [4.78, 5) is 3.85. The normalized spacial score (nSPS) is 31.6. The fourth-order valence-electron chi connectivity index (χ4n) is 1.54. The van der Waals surface area contributed by atoms with Gasteiger partial charge in [0.2, 0.25) is 9.84 Å². The summed E-state index contributed by atoms with van der Waals surface area (Å²) in [5.41, 5.74) is 0. The van der Waals surface area contributed by atoms with Gasteiger partial charge >= 0.3 is 0 Å². The molecule has 0 saturated carbocycles. The molecule has 0 aromatic heterocycles. The van der Waals surface area contributed by atoms with Crippen molar-refractivity contribution >= 4 is 26.5 Å². The lowest BCUT2D eigenvalue weighted by Crippen LogP contribution is -2.23. The molecule has 1 N–H and O–H groups in total. The summed E-state index contributed by atoms with van der Waals surface area (Å²) in [7, 11) is -3.41. The van der Waals surface area contributed by atoms with Gasteiger partial charge in [-0.05, 0) is 13.0 Å². The molecule has 0 spiro atoms. The van der Waals surface area contributed by atoms with Crippen LogP contribution in [0.1, 0.15) is 6.42 Å². The zero-order valence-corrected chi connectivity index (χ0v) is 8.40. The predicted molar refractivity (Wildman–Crippen MR) is 51.3 cm³/mol. The van der Waals surface area contributed by atoms with Crippen LogP contribution >= 0.6 is 11.6 Å². The summed E-state index contributed by atoms with van der Waals surface area (Å²) < 4.78 is 22.9. The highest BCUT2D eigenvalue weighted by molar-refractivity contribution is 8.11. The number of nitrogens with one attached hydrogen (secondary N) is 1. The Labute approximate surface area is 81.6 Å². The van der Waals surface area contributed by atoms with E-state index >= 15 is 0 Å². The fourth-order valence-corrected chi connectivity index (χ4v) is 3.05. The van der Waals surface area contributed by atoms with Crippen LogP contribution in [0, 0.1) is 5.92 Å². The average molecular weight is 221 g/mol. The molecule has 2 aliphatic rings. The Bertz CT molecular complexity index is 379. The van der Waals surface area contributed by atoms with Crippen LogP contribution < -0.4 is 5.32 Å². The first kappa shape index (κ1) is 9.18. The highest BCUT2D eigenvalue weighted by atomic mass is 35.5. The van der Waals surface area contributed by atoms with Crippen molar-refractivity contribution in [2.24, 2.45) is 10.9 Å². The minimum Gasteiger partial charge on any atom is -0.316 e. The van der Waals surface area contributed by atoms with Crippen LogP contribution in [-0.4, -0.2) is 26.6 Å². The van der Waals surface area contributed by atoms with Crippen LogP contribution in [0.5, 0.6) is 0 Å². The molecule has 0 aromatic carbocycles. The summed E-state index contributed by atoms with van der Waals surface area (Å²) in [5, 5.41) is 3.31. The Kier molecular flexibility index (Phi) is 2.17. The smallest absolute Gasteiger partial charge is 0.232 e. The molecule has 0 radical (unpaired) electrons. The fraction of sp³-hybridized carbons (Fsp3) is 0.571. The van der Waals surface area contributed by atoms with E-state index in [1.54, 1.807) is 0 Å². The molecule has 0 aliphatic carbocycles. The van der Waals surface area contributed by atoms with E-state index in [0.717, 1.165) is 13.0 Å². The lowest BCUT2D eigenvalue weighted by molar-refractivity contribution is 0.611. The lowest BCUT2D eigenvalue weighted by atomic mass is 10.1. The third-order valence-electron chi connectivity index (χ3n) is 2.23.